The van der Waals surface area contributed by atoms with Crippen LogP contribution in [0.1, 0.15) is 38.8 Å². The van der Waals surface area contributed by atoms with E-state index in [1.807, 2.05) is 6.07 Å². The van der Waals surface area contributed by atoms with Crippen molar-refractivity contribution in [2.45, 2.75) is 33.2 Å². The van der Waals surface area contributed by atoms with Gasteiger partial charge in [0.2, 0.25) is 0 Å². The van der Waals surface area contributed by atoms with Gasteiger partial charge in [-0.3, -0.25) is 0 Å². The Labute approximate surface area is 119 Å². The van der Waals surface area contributed by atoms with Gasteiger partial charge in [-0.25, -0.2) is 0 Å². The number of benzene rings is 1. The Morgan fingerprint density at radius 3 is 2.56 bits per heavy atom. The average molecular weight is 314 g/mol. The third kappa shape index (κ3) is 5.98. The summed E-state index contributed by atoms with van der Waals surface area (Å²) in [5.74, 6) is 0.720. The number of hydrogen-bond acceptors (Lipinski definition) is 2. The first-order valence-electron chi connectivity index (χ1n) is 6.66. The second kappa shape index (κ2) is 8.68. The van der Waals surface area contributed by atoms with Gasteiger partial charge in [0.15, 0.2) is 0 Å². The first-order valence-corrected chi connectivity index (χ1v) is 7.46. The summed E-state index contributed by atoms with van der Waals surface area (Å²) in [5, 5.41) is 3.47. The van der Waals surface area contributed by atoms with Gasteiger partial charge in [-0.05, 0) is 30.9 Å². The molecule has 0 aliphatic carbocycles. The van der Waals surface area contributed by atoms with Crippen molar-refractivity contribution in [1.29, 1.82) is 0 Å². The van der Waals surface area contributed by atoms with Crippen molar-refractivity contribution in [3.05, 3.63) is 34.3 Å². The fourth-order valence-electron chi connectivity index (χ4n) is 1.70. The van der Waals surface area contributed by atoms with Gasteiger partial charge in [0.1, 0.15) is 0 Å². The lowest BCUT2D eigenvalue weighted by molar-refractivity contribution is 0.123. The van der Waals surface area contributed by atoms with E-state index in [-0.39, 0.29) is 0 Å². The van der Waals surface area contributed by atoms with Crippen LogP contribution in [0.3, 0.4) is 0 Å². The lowest BCUT2D eigenvalue weighted by Crippen LogP contribution is -2.23. The van der Waals surface area contributed by atoms with Crippen LogP contribution in [0.2, 0.25) is 0 Å². The molecule has 0 saturated heterocycles. The second-order valence-corrected chi connectivity index (χ2v) is 5.85. The van der Waals surface area contributed by atoms with Crippen LogP contribution >= 0.6 is 15.9 Å². The summed E-state index contributed by atoms with van der Waals surface area (Å²) in [6, 6.07) is 8.66. The minimum Gasteiger partial charge on any atom is -0.380 e. The Kier molecular flexibility index (Phi) is 7.56. The molecule has 2 nitrogen and oxygen atoms in total. The smallest absolute Gasteiger partial charge is 0.0591 e. The molecule has 1 aromatic carbocycles. The fourth-order valence-corrected chi connectivity index (χ4v) is 2.33. The van der Waals surface area contributed by atoms with Gasteiger partial charge < -0.3 is 10.1 Å². The van der Waals surface area contributed by atoms with E-state index in [1.165, 1.54) is 5.56 Å². The molecule has 0 heterocycles. The molecule has 1 atom stereocenters. The zero-order chi connectivity index (χ0) is 13.4. The van der Waals surface area contributed by atoms with E-state index in [0.717, 1.165) is 36.6 Å². The average Bonchev–Trinajstić information content (AvgIpc) is 2.33. The van der Waals surface area contributed by atoms with Crippen molar-refractivity contribution in [2.75, 3.05) is 19.8 Å². The minimum atomic E-state index is 0.342. The number of ether oxygens (including phenoxy) is 1. The summed E-state index contributed by atoms with van der Waals surface area (Å²) in [6.07, 6.45) is 1.14. The molecule has 18 heavy (non-hydrogen) atoms. The predicted molar refractivity (Wildman–Crippen MR) is 80.8 cm³/mol. The summed E-state index contributed by atoms with van der Waals surface area (Å²) >= 11 is 3.58. The van der Waals surface area contributed by atoms with E-state index in [2.05, 4.69) is 60.2 Å². The van der Waals surface area contributed by atoms with Crippen LogP contribution in [0, 0.1) is 5.92 Å². The third-order valence-electron chi connectivity index (χ3n) is 2.91. The maximum Gasteiger partial charge on any atom is 0.0591 e. The topological polar surface area (TPSA) is 21.3 Å². The summed E-state index contributed by atoms with van der Waals surface area (Å²) in [5.41, 5.74) is 1.29. The van der Waals surface area contributed by atoms with Crippen LogP contribution < -0.4 is 5.32 Å². The maximum atomic E-state index is 5.59. The lowest BCUT2D eigenvalue weighted by atomic mass is 10.1. The SMILES string of the molecule is CC(C)CCOCCN[C@@H](C)c1ccccc1Br. The van der Waals surface area contributed by atoms with E-state index in [1.54, 1.807) is 0 Å². The Bertz CT molecular complexity index is 341. The summed E-state index contributed by atoms with van der Waals surface area (Å²) < 4.78 is 6.74. The van der Waals surface area contributed by atoms with Gasteiger partial charge in [0.05, 0.1) is 6.61 Å². The summed E-state index contributed by atoms with van der Waals surface area (Å²) in [7, 11) is 0. The Hall–Kier alpha value is -0.380. The molecule has 0 amide bonds. The Balaban J connectivity index is 2.18. The highest BCUT2D eigenvalue weighted by Gasteiger charge is 2.07. The van der Waals surface area contributed by atoms with Gasteiger partial charge in [-0.15, -0.1) is 0 Å². The first kappa shape index (κ1) is 15.7. The largest absolute Gasteiger partial charge is 0.380 e. The maximum absolute atomic E-state index is 5.59. The van der Waals surface area contributed by atoms with Gasteiger partial charge in [0, 0.05) is 23.7 Å². The first-order chi connectivity index (χ1) is 8.61. The van der Waals surface area contributed by atoms with Crippen molar-refractivity contribution in [3.63, 3.8) is 0 Å². The normalized spacial score (nSPS) is 12.9. The second-order valence-electron chi connectivity index (χ2n) is 4.99. The molecule has 0 saturated carbocycles. The summed E-state index contributed by atoms with van der Waals surface area (Å²) in [4.78, 5) is 0. The zero-order valence-corrected chi connectivity index (χ0v) is 13.2. The van der Waals surface area contributed by atoms with Crippen LogP contribution in [0.5, 0.6) is 0 Å². The molecule has 3 heteroatoms. The van der Waals surface area contributed by atoms with E-state index in [9.17, 15) is 0 Å². The minimum absolute atomic E-state index is 0.342. The zero-order valence-electron chi connectivity index (χ0n) is 11.6. The molecule has 0 fully saturated rings. The molecule has 0 bridgehead atoms. The van der Waals surface area contributed by atoms with E-state index >= 15 is 0 Å². The van der Waals surface area contributed by atoms with Crippen molar-refractivity contribution >= 4 is 15.9 Å². The highest BCUT2D eigenvalue weighted by molar-refractivity contribution is 9.10. The van der Waals surface area contributed by atoms with Gasteiger partial charge in [-0.1, -0.05) is 48.0 Å². The number of hydrogen-bond donors (Lipinski definition) is 1. The lowest BCUT2D eigenvalue weighted by Gasteiger charge is -2.16. The van der Waals surface area contributed by atoms with Crippen molar-refractivity contribution < 1.29 is 4.74 Å². The number of nitrogens with one attached hydrogen (secondary N) is 1. The van der Waals surface area contributed by atoms with Crippen LogP contribution in [-0.4, -0.2) is 19.8 Å². The molecule has 102 valence electrons. The predicted octanol–water partition coefficient (Wildman–Crippen LogP) is 4.16. The summed E-state index contributed by atoms with van der Waals surface area (Å²) in [6.45, 7) is 9.15. The molecule has 1 rings (SSSR count). The Morgan fingerprint density at radius 2 is 1.89 bits per heavy atom. The number of halogens is 1. The Morgan fingerprint density at radius 1 is 1.17 bits per heavy atom. The van der Waals surface area contributed by atoms with E-state index in [0.29, 0.717) is 6.04 Å². The van der Waals surface area contributed by atoms with Crippen LogP contribution in [-0.2, 0) is 4.74 Å². The quantitative estimate of drug-likeness (QED) is 0.727. The molecule has 1 aromatic rings. The molecule has 0 unspecified atom stereocenters. The van der Waals surface area contributed by atoms with Crippen molar-refractivity contribution in [3.8, 4) is 0 Å². The molecular formula is C15H24BrNO. The molecule has 0 aliphatic rings. The van der Waals surface area contributed by atoms with E-state index < -0.39 is 0 Å². The highest BCUT2D eigenvalue weighted by Crippen LogP contribution is 2.22. The van der Waals surface area contributed by atoms with Crippen molar-refractivity contribution in [1.82, 2.24) is 5.32 Å². The number of rotatable bonds is 8. The van der Waals surface area contributed by atoms with Gasteiger partial charge in [-0.2, -0.15) is 0 Å². The van der Waals surface area contributed by atoms with Crippen molar-refractivity contribution in [2.24, 2.45) is 5.92 Å². The standard InChI is InChI=1S/C15H24BrNO/c1-12(2)8-10-18-11-9-17-13(3)14-6-4-5-7-15(14)16/h4-7,12-13,17H,8-11H2,1-3H3/t13-/m0/s1. The molecule has 0 spiro atoms. The molecule has 0 aliphatic heterocycles. The van der Waals surface area contributed by atoms with Crippen LogP contribution in [0.15, 0.2) is 28.7 Å². The molecule has 0 aromatic heterocycles. The molecular weight excluding hydrogens is 290 g/mol. The van der Waals surface area contributed by atoms with Crippen LogP contribution in [0.4, 0.5) is 0 Å². The van der Waals surface area contributed by atoms with Gasteiger partial charge in [0.25, 0.3) is 0 Å². The molecule has 1 N–H and O–H groups in total. The third-order valence-corrected chi connectivity index (χ3v) is 3.63. The van der Waals surface area contributed by atoms with Gasteiger partial charge >= 0.3 is 0 Å². The van der Waals surface area contributed by atoms with E-state index in [4.69, 9.17) is 4.74 Å². The highest BCUT2D eigenvalue weighted by atomic mass is 79.9. The molecule has 0 radical (unpaired) electrons. The fraction of sp³-hybridized carbons (Fsp3) is 0.600. The monoisotopic (exact) mass is 313 g/mol. The van der Waals surface area contributed by atoms with Crippen LogP contribution in [0.25, 0.3) is 0 Å².